The highest BCUT2D eigenvalue weighted by atomic mass is 32.3. The molecule has 0 aliphatic carbocycles. The van der Waals surface area contributed by atoms with Crippen LogP contribution in [0.5, 0.6) is 0 Å². The number of piperidine rings is 1. The number of hydroxylamine groups is 2. The number of urea groups is 1. The molecular weight excluding hydrogens is 434 g/mol. The van der Waals surface area contributed by atoms with Crippen molar-refractivity contribution < 1.29 is 36.3 Å². The lowest BCUT2D eigenvalue weighted by atomic mass is 9.93. The molecule has 13 nitrogen and oxygen atoms in total. The average molecular weight is 461 g/mol. The molecule has 3 fully saturated rings. The highest BCUT2D eigenvalue weighted by molar-refractivity contribution is 7.80. The Kier molecular flexibility index (Phi) is 5.01. The molecular formula is C17H27N5O8S. The standard InChI is InChI=1S/C17H27N5O8S/c1-16(2,3)29-15(24)20-7-10(8-20)13-18-19-17(4,28-13)12-6-5-11-9-21(12)14(23)22(11)30-31(25,26)27/h10-12,19H,5-9H2,1-4H3,(H,25,26,27)/t11-,12+,17?/m1/s1. The van der Waals surface area contributed by atoms with Gasteiger partial charge in [-0.1, -0.05) is 0 Å². The van der Waals surface area contributed by atoms with Gasteiger partial charge in [-0.3, -0.25) is 9.98 Å². The summed E-state index contributed by atoms with van der Waals surface area (Å²) in [6.45, 7) is 8.24. The zero-order valence-corrected chi connectivity index (χ0v) is 18.6. The van der Waals surface area contributed by atoms with Gasteiger partial charge in [-0.05, 0) is 40.5 Å². The molecule has 3 atom stereocenters. The van der Waals surface area contributed by atoms with Crippen LogP contribution in [-0.2, 0) is 24.2 Å². The highest BCUT2D eigenvalue weighted by Crippen LogP contribution is 2.38. The quantitative estimate of drug-likeness (QED) is 0.571. The number of nitrogens with one attached hydrogen (secondary N) is 1. The first kappa shape index (κ1) is 21.9. The zero-order chi connectivity index (χ0) is 22.8. The van der Waals surface area contributed by atoms with E-state index in [9.17, 15) is 18.0 Å². The van der Waals surface area contributed by atoms with E-state index in [0.29, 0.717) is 36.9 Å². The van der Waals surface area contributed by atoms with Crippen LogP contribution in [-0.4, -0.2) is 88.9 Å². The van der Waals surface area contributed by atoms with E-state index in [2.05, 4.69) is 14.8 Å². The summed E-state index contributed by atoms with van der Waals surface area (Å²) in [7, 11) is -4.80. The van der Waals surface area contributed by atoms with Gasteiger partial charge in [-0.25, -0.2) is 9.59 Å². The van der Waals surface area contributed by atoms with E-state index in [1.165, 1.54) is 4.90 Å². The molecule has 2 N–H and O–H groups in total. The normalized spacial score (nSPS) is 31.2. The second-order valence-electron chi connectivity index (χ2n) is 9.36. The van der Waals surface area contributed by atoms with E-state index in [1.807, 2.05) is 0 Å². The van der Waals surface area contributed by atoms with Gasteiger partial charge in [0.1, 0.15) is 5.60 Å². The van der Waals surface area contributed by atoms with Crippen molar-refractivity contribution in [2.45, 2.75) is 63.9 Å². The smallest absolute Gasteiger partial charge is 0.418 e. The summed E-state index contributed by atoms with van der Waals surface area (Å²) in [5, 5.41) is 4.98. The summed E-state index contributed by atoms with van der Waals surface area (Å²) in [5.41, 5.74) is 1.37. The summed E-state index contributed by atoms with van der Waals surface area (Å²) < 4.78 is 47.0. The van der Waals surface area contributed by atoms with Gasteiger partial charge in [0.05, 0.1) is 18.0 Å². The fourth-order valence-electron chi connectivity index (χ4n) is 4.26. The third-order valence-corrected chi connectivity index (χ3v) is 6.07. The molecule has 4 aliphatic heterocycles. The number of amides is 3. The molecule has 31 heavy (non-hydrogen) atoms. The minimum absolute atomic E-state index is 0.0909. The molecule has 3 saturated heterocycles. The molecule has 0 aromatic heterocycles. The first-order valence-electron chi connectivity index (χ1n) is 10.0. The van der Waals surface area contributed by atoms with Crippen molar-refractivity contribution in [1.29, 1.82) is 0 Å². The minimum Gasteiger partial charge on any atom is -0.450 e. The van der Waals surface area contributed by atoms with Gasteiger partial charge >= 0.3 is 22.5 Å². The Morgan fingerprint density at radius 1 is 1.29 bits per heavy atom. The van der Waals surface area contributed by atoms with Crippen molar-refractivity contribution in [3.8, 4) is 0 Å². The molecule has 174 valence electrons. The Morgan fingerprint density at radius 3 is 2.58 bits per heavy atom. The number of carbonyl (C=O) groups is 2. The number of carbonyl (C=O) groups excluding carboxylic acids is 2. The van der Waals surface area contributed by atoms with E-state index < -0.39 is 45.9 Å². The van der Waals surface area contributed by atoms with Gasteiger partial charge < -0.3 is 19.3 Å². The van der Waals surface area contributed by atoms with Gasteiger partial charge in [-0.15, -0.1) is 9.39 Å². The maximum atomic E-state index is 12.7. The largest absolute Gasteiger partial charge is 0.450 e. The molecule has 0 radical (unpaired) electrons. The number of ether oxygens (including phenoxy) is 2. The third-order valence-electron chi connectivity index (χ3n) is 5.72. The molecule has 4 heterocycles. The lowest BCUT2D eigenvalue weighted by Crippen LogP contribution is -2.60. The maximum absolute atomic E-state index is 12.7. The van der Waals surface area contributed by atoms with E-state index in [4.69, 9.17) is 14.0 Å². The van der Waals surface area contributed by atoms with E-state index in [-0.39, 0.29) is 12.5 Å². The topological polar surface area (TPSA) is 150 Å². The Bertz CT molecular complexity index is 912. The van der Waals surface area contributed by atoms with Gasteiger partial charge in [0.2, 0.25) is 11.6 Å². The van der Waals surface area contributed by atoms with Crippen molar-refractivity contribution in [2.75, 3.05) is 19.6 Å². The summed E-state index contributed by atoms with van der Waals surface area (Å²) in [4.78, 5) is 27.8. The van der Waals surface area contributed by atoms with Crippen molar-refractivity contribution >= 4 is 28.4 Å². The second-order valence-corrected chi connectivity index (χ2v) is 10.4. The van der Waals surface area contributed by atoms with Crippen LogP contribution in [0.4, 0.5) is 9.59 Å². The van der Waals surface area contributed by atoms with E-state index in [0.717, 1.165) is 0 Å². The van der Waals surface area contributed by atoms with Crippen LogP contribution in [0.2, 0.25) is 0 Å². The van der Waals surface area contributed by atoms with Gasteiger partial charge in [0.15, 0.2) is 0 Å². The molecule has 0 aromatic carbocycles. The zero-order valence-electron chi connectivity index (χ0n) is 17.8. The lowest BCUT2D eigenvalue weighted by molar-refractivity contribution is -0.0375. The van der Waals surface area contributed by atoms with Gasteiger partial charge in [0.25, 0.3) is 0 Å². The van der Waals surface area contributed by atoms with Crippen molar-refractivity contribution in [2.24, 2.45) is 11.0 Å². The first-order chi connectivity index (χ1) is 14.3. The first-order valence-corrected chi connectivity index (χ1v) is 11.4. The lowest BCUT2D eigenvalue weighted by Gasteiger charge is -2.42. The van der Waals surface area contributed by atoms with Crippen LogP contribution in [0.25, 0.3) is 0 Å². The number of likely N-dealkylation sites (tertiary alicyclic amines) is 1. The molecule has 14 heteroatoms. The Labute approximate surface area is 180 Å². The van der Waals surface area contributed by atoms with Crippen LogP contribution in [0.1, 0.15) is 40.5 Å². The Hall–Kier alpha value is -2.32. The molecule has 1 unspecified atom stereocenters. The highest BCUT2D eigenvalue weighted by Gasteiger charge is 2.56. The number of hydrogen-bond acceptors (Lipinski definition) is 9. The van der Waals surface area contributed by atoms with E-state index in [1.54, 1.807) is 32.6 Å². The number of hydrogen-bond donors (Lipinski definition) is 2. The van der Waals surface area contributed by atoms with Crippen LogP contribution < -0.4 is 5.43 Å². The second kappa shape index (κ2) is 7.10. The number of hydrazone groups is 1. The Morgan fingerprint density at radius 2 is 1.97 bits per heavy atom. The van der Waals surface area contributed by atoms with Gasteiger partial charge in [-0.2, -0.15) is 13.5 Å². The summed E-state index contributed by atoms with van der Waals surface area (Å²) in [5.74, 6) is 0.356. The third kappa shape index (κ3) is 4.23. The van der Waals surface area contributed by atoms with Crippen LogP contribution >= 0.6 is 0 Å². The molecule has 0 saturated carbocycles. The van der Waals surface area contributed by atoms with Crippen molar-refractivity contribution in [1.82, 2.24) is 20.3 Å². The molecule has 0 spiro atoms. The average Bonchev–Trinajstić information content (AvgIpc) is 3.06. The van der Waals surface area contributed by atoms with Crippen molar-refractivity contribution in [3.05, 3.63) is 0 Å². The molecule has 0 aromatic rings. The summed E-state index contributed by atoms with van der Waals surface area (Å²) in [6.07, 6.45) is 0.592. The maximum Gasteiger partial charge on any atom is 0.418 e. The monoisotopic (exact) mass is 461 g/mol. The Balaban J connectivity index is 1.36. The van der Waals surface area contributed by atoms with Gasteiger partial charge in [0, 0.05) is 19.6 Å². The fourth-order valence-corrected chi connectivity index (χ4v) is 4.65. The minimum atomic E-state index is -4.80. The SMILES string of the molecule is CC(C)(C)OC(=O)N1CC(C2=NNC(C)([C@@H]3CC[C@@H]4CN3C(=O)N4OS(=O)(=O)O)O2)C1. The molecule has 2 bridgehead atoms. The van der Waals surface area contributed by atoms with Crippen LogP contribution in [0.15, 0.2) is 5.10 Å². The van der Waals surface area contributed by atoms with Crippen molar-refractivity contribution in [3.63, 3.8) is 0 Å². The predicted octanol–water partition coefficient (Wildman–Crippen LogP) is 0.506. The van der Waals surface area contributed by atoms with E-state index >= 15 is 0 Å². The summed E-state index contributed by atoms with van der Waals surface area (Å²) >= 11 is 0. The molecule has 3 amide bonds. The summed E-state index contributed by atoms with van der Waals surface area (Å²) in [6, 6.07) is -1.58. The number of rotatable bonds is 4. The van der Waals surface area contributed by atoms with Crippen LogP contribution in [0.3, 0.4) is 0 Å². The molecule has 4 rings (SSSR count). The number of nitrogens with zero attached hydrogens (tertiary/aromatic N) is 4. The molecule has 4 aliphatic rings. The van der Waals surface area contributed by atoms with Crippen LogP contribution in [0, 0.1) is 5.92 Å². The number of fused-ring (bicyclic) bond motifs is 2. The predicted molar refractivity (Wildman–Crippen MR) is 105 cm³/mol. The fraction of sp³-hybridized carbons (Fsp3) is 0.824.